The van der Waals surface area contributed by atoms with Gasteiger partial charge in [-0.2, -0.15) is 0 Å². The predicted octanol–water partition coefficient (Wildman–Crippen LogP) is -1.76. The number of hydrogen-bond donors (Lipinski definition) is 2. The van der Waals surface area contributed by atoms with Crippen LogP contribution < -0.4 is 10.5 Å². The highest BCUT2D eigenvalue weighted by Gasteiger charge is 2.25. The van der Waals surface area contributed by atoms with Gasteiger partial charge in [0.05, 0.1) is 6.54 Å². The van der Waals surface area contributed by atoms with Crippen molar-refractivity contribution in [1.82, 2.24) is 14.8 Å². The first-order chi connectivity index (χ1) is 8.79. The zero-order chi connectivity index (χ0) is 14.2. The molecule has 1 saturated heterocycles. The van der Waals surface area contributed by atoms with Crippen LogP contribution in [0.3, 0.4) is 0 Å². The Hall–Kier alpha value is -1.87. The van der Waals surface area contributed by atoms with Crippen LogP contribution in [0.1, 0.15) is 10.5 Å². The van der Waals surface area contributed by atoms with E-state index < -0.39 is 15.9 Å². The molecule has 0 aromatic carbocycles. The number of aryl methyl sites for hydroxylation is 1. The molecule has 2 heterocycles. The van der Waals surface area contributed by atoms with Crippen LogP contribution in [0.4, 0.5) is 0 Å². The normalized spacial score (nSPS) is 16.3. The second kappa shape index (κ2) is 4.67. The first kappa shape index (κ1) is 13.6. The maximum absolute atomic E-state index is 12.2. The van der Waals surface area contributed by atoms with Crippen LogP contribution in [0.25, 0.3) is 0 Å². The summed E-state index contributed by atoms with van der Waals surface area (Å²) < 4.78 is 23.8. The second-order valence-corrected chi connectivity index (χ2v) is 5.86. The van der Waals surface area contributed by atoms with Crippen molar-refractivity contribution in [3.8, 4) is 0 Å². The summed E-state index contributed by atoms with van der Waals surface area (Å²) in [4.78, 5) is 24.7. The molecule has 0 radical (unpaired) electrons. The van der Waals surface area contributed by atoms with Gasteiger partial charge >= 0.3 is 0 Å². The van der Waals surface area contributed by atoms with E-state index in [2.05, 4.69) is 5.32 Å². The molecule has 0 spiro atoms. The number of amides is 2. The molecule has 9 heteroatoms. The van der Waals surface area contributed by atoms with Crippen molar-refractivity contribution in [3.63, 3.8) is 0 Å². The highest BCUT2D eigenvalue weighted by atomic mass is 32.2. The molecule has 2 amide bonds. The smallest absolute Gasteiger partial charge is 0.271 e. The Kier molecular flexibility index (Phi) is 3.33. The van der Waals surface area contributed by atoms with Crippen LogP contribution in [0.2, 0.25) is 0 Å². The minimum Gasteiger partial charge on any atom is -0.353 e. The zero-order valence-corrected chi connectivity index (χ0v) is 11.1. The Labute approximate surface area is 110 Å². The highest BCUT2D eigenvalue weighted by molar-refractivity contribution is 7.89. The highest BCUT2D eigenvalue weighted by Crippen LogP contribution is 2.14. The van der Waals surface area contributed by atoms with Crippen molar-refractivity contribution < 1.29 is 18.0 Å². The van der Waals surface area contributed by atoms with E-state index in [1.165, 1.54) is 21.7 Å². The monoisotopic (exact) mass is 286 g/mol. The molecule has 1 aromatic heterocycles. The van der Waals surface area contributed by atoms with Crippen LogP contribution in [-0.2, 0) is 21.9 Å². The standard InChI is InChI=1S/C10H14N4O4S/c1-13-5-7(19(11,17)18)4-8(13)10(16)14-3-2-12-9(15)6-14/h4-5H,2-3,6H2,1H3,(H,12,15)(H2,11,17,18). The van der Waals surface area contributed by atoms with E-state index in [0.717, 1.165) is 0 Å². The van der Waals surface area contributed by atoms with Crippen LogP contribution in [0.5, 0.6) is 0 Å². The third-order valence-electron chi connectivity index (χ3n) is 2.85. The lowest BCUT2D eigenvalue weighted by atomic mass is 10.3. The van der Waals surface area contributed by atoms with Crippen molar-refractivity contribution >= 4 is 21.8 Å². The van der Waals surface area contributed by atoms with Gasteiger partial charge in [-0.1, -0.05) is 0 Å². The number of nitrogens with one attached hydrogen (secondary N) is 1. The van der Waals surface area contributed by atoms with E-state index in [1.807, 2.05) is 0 Å². The van der Waals surface area contributed by atoms with Gasteiger partial charge in [0.15, 0.2) is 0 Å². The number of piperazine rings is 1. The van der Waals surface area contributed by atoms with E-state index in [0.29, 0.717) is 13.1 Å². The number of primary sulfonamides is 1. The number of sulfonamides is 1. The van der Waals surface area contributed by atoms with Crippen molar-refractivity contribution in [1.29, 1.82) is 0 Å². The summed E-state index contributed by atoms with van der Waals surface area (Å²) >= 11 is 0. The first-order valence-electron chi connectivity index (χ1n) is 5.54. The minimum absolute atomic E-state index is 0.0330. The fourth-order valence-corrected chi connectivity index (χ4v) is 2.46. The number of rotatable bonds is 2. The van der Waals surface area contributed by atoms with Gasteiger partial charge in [-0.25, -0.2) is 13.6 Å². The molecule has 8 nitrogen and oxygen atoms in total. The van der Waals surface area contributed by atoms with Crippen LogP contribution in [0, 0.1) is 0 Å². The minimum atomic E-state index is -3.85. The molecule has 0 atom stereocenters. The quantitative estimate of drug-likeness (QED) is 0.670. The average Bonchev–Trinajstić information content (AvgIpc) is 2.70. The van der Waals surface area contributed by atoms with Gasteiger partial charge in [-0.3, -0.25) is 9.59 Å². The van der Waals surface area contributed by atoms with Crippen LogP contribution >= 0.6 is 0 Å². The third kappa shape index (κ3) is 2.76. The molecule has 0 saturated carbocycles. The van der Waals surface area contributed by atoms with Crippen LogP contribution in [-0.4, -0.2) is 49.3 Å². The number of nitrogens with zero attached hydrogens (tertiary/aromatic N) is 2. The maximum atomic E-state index is 12.2. The second-order valence-electron chi connectivity index (χ2n) is 4.29. The van der Waals surface area contributed by atoms with Gasteiger partial charge in [-0.05, 0) is 6.07 Å². The summed E-state index contributed by atoms with van der Waals surface area (Å²) in [5.74, 6) is -0.632. The summed E-state index contributed by atoms with van der Waals surface area (Å²) in [6.45, 7) is 0.742. The molecule has 0 bridgehead atoms. The Morgan fingerprint density at radius 2 is 2.16 bits per heavy atom. The summed E-state index contributed by atoms with van der Waals surface area (Å²) in [6, 6.07) is 1.21. The molecular formula is C10H14N4O4S. The average molecular weight is 286 g/mol. The Morgan fingerprint density at radius 1 is 1.47 bits per heavy atom. The van der Waals surface area contributed by atoms with Gasteiger partial charge in [0.1, 0.15) is 10.6 Å². The molecule has 1 aromatic rings. The summed E-state index contributed by atoms with van der Waals surface area (Å²) in [5, 5.41) is 7.62. The molecule has 0 aliphatic carbocycles. The Morgan fingerprint density at radius 3 is 2.68 bits per heavy atom. The fourth-order valence-electron chi connectivity index (χ4n) is 1.88. The van der Waals surface area contributed by atoms with Crippen molar-refractivity contribution in [2.45, 2.75) is 4.90 Å². The SMILES string of the molecule is Cn1cc(S(N)(=O)=O)cc1C(=O)N1CCNC(=O)C1. The van der Waals surface area contributed by atoms with Crippen molar-refractivity contribution in [2.24, 2.45) is 12.2 Å². The van der Waals surface area contributed by atoms with E-state index >= 15 is 0 Å². The Balaban J connectivity index is 2.29. The zero-order valence-electron chi connectivity index (χ0n) is 10.3. The molecule has 104 valence electrons. The van der Waals surface area contributed by atoms with Crippen LogP contribution in [0.15, 0.2) is 17.2 Å². The molecule has 1 fully saturated rings. The largest absolute Gasteiger partial charge is 0.353 e. The summed E-state index contributed by atoms with van der Waals surface area (Å²) in [6.07, 6.45) is 1.27. The van der Waals surface area contributed by atoms with E-state index in [9.17, 15) is 18.0 Å². The summed E-state index contributed by atoms with van der Waals surface area (Å²) in [5.41, 5.74) is 0.179. The number of carbonyl (C=O) groups excluding carboxylic acids is 2. The van der Waals surface area contributed by atoms with Gasteiger partial charge in [-0.15, -0.1) is 0 Å². The topological polar surface area (TPSA) is 114 Å². The van der Waals surface area contributed by atoms with Crippen molar-refractivity contribution in [3.05, 3.63) is 18.0 Å². The van der Waals surface area contributed by atoms with Gasteiger partial charge < -0.3 is 14.8 Å². The number of carbonyl (C=O) groups is 2. The van der Waals surface area contributed by atoms with E-state index in [4.69, 9.17) is 5.14 Å². The van der Waals surface area contributed by atoms with Gasteiger partial charge in [0.2, 0.25) is 15.9 Å². The summed E-state index contributed by atoms with van der Waals surface area (Å²) in [7, 11) is -2.30. The molecule has 2 rings (SSSR count). The third-order valence-corrected chi connectivity index (χ3v) is 3.73. The lowest BCUT2D eigenvalue weighted by Crippen LogP contribution is -2.50. The van der Waals surface area contributed by atoms with Gasteiger partial charge in [0.25, 0.3) is 5.91 Å². The number of hydrogen-bond acceptors (Lipinski definition) is 4. The Bertz CT molecular complexity index is 634. The molecule has 3 N–H and O–H groups in total. The maximum Gasteiger partial charge on any atom is 0.271 e. The molecule has 1 aliphatic rings. The molecular weight excluding hydrogens is 272 g/mol. The molecule has 0 unspecified atom stereocenters. The van der Waals surface area contributed by atoms with Crippen molar-refractivity contribution in [2.75, 3.05) is 19.6 Å². The lowest BCUT2D eigenvalue weighted by Gasteiger charge is -2.26. The number of nitrogens with two attached hydrogens (primary N) is 1. The fraction of sp³-hybridized carbons (Fsp3) is 0.400. The van der Waals surface area contributed by atoms with E-state index in [1.54, 1.807) is 7.05 Å². The first-order valence-corrected chi connectivity index (χ1v) is 7.09. The molecule has 1 aliphatic heterocycles. The van der Waals surface area contributed by atoms with Gasteiger partial charge in [0, 0.05) is 26.3 Å². The number of aromatic nitrogens is 1. The van der Waals surface area contributed by atoms with E-state index in [-0.39, 0.29) is 23.0 Å². The lowest BCUT2D eigenvalue weighted by molar-refractivity contribution is -0.123. The molecule has 19 heavy (non-hydrogen) atoms. The predicted molar refractivity (Wildman–Crippen MR) is 65.7 cm³/mol.